The summed E-state index contributed by atoms with van der Waals surface area (Å²) in [5, 5.41) is 0. The Hall–Kier alpha value is -2.29. The van der Waals surface area contributed by atoms with Crippen molar-refractivity contribution in [3.63, 3.8) is 0 Å². The predicted molar refractivity (Wildman–Crippen MR) is 96.4 cm³/mol. The maximum absolute atomic E-state index is 12.6. The molecule has 0 unspecified atom stereocenters. The lowest BCUT2D eigenvalue weighted by molar-refractivity contribution is 0.0680. The molecule has 2 aromatic rings. The number of hydrogen-bond acceptors (Lipinski definition) is 2. The summed E-state index contributed by atoms with van der Waals surface area (Å²) in [6, 6.07) is 17.8. The third-order valence-electron chi connectivity index (χ3n) is 4.70. The number of hydrogen-bond donors (Lipinski definition) is 0. The van der Waals surface area contributed by atoms with Crippen molar-refractivity contribution in [3.05, 3.63) is 65.7 Å². The fraction of sp³-hybridized carbons (Fsp3) is 0.381. The van der Waals surface area contributed by atoms with Gasteiger partial charge in [-0.3, -0.25) is 4.79 Å². The molecule has 0 saturated carbocycles. The van der Waals surface area contributed by atoms with E-state index in [1.54, 1.807) is 0 Å². The van der Waals surface area contributed by atoms with Crippen molar-refractivity contribution in [2.24, 2.45) is 5.92 Å². The van der Waals surface area contributed by atoms with Gasteiger partial charge in [-0.1, -0.05) is 35.9 Å². The Bertz CT molecular complexity index is 661. The van der Waals surface area contributed by atoms with Crippen LogP contribution in [0.15, 0.2) is 54.6 Å². The minimum atomic E-state index is 0.165. The molecule has 3 nitrogen and oxygen atoms in total. The van der Waals surface area contributed by atoms with E-state index < -0.39 is 0 Å². The number of aryl methyl sites for hydroxylation is 1. The molecule has 0 radical (unpaired) electrons. The summed E-state index contributed by atoms with van der Waals surface area (Å²) < 4.78 is 5.78. The van der Waals surface area contributed by atoms with Crippen molar-refractivity contribution in [2.75, 3.05) is 19.7 Å². The van der Waals surface area contributed by atoms with Gasteiger partial charge in [-0.15, -0.1) is 0 Å². The first-order valence-electron chi connectivity index (χ1n) is 8.76. The van der Waals surface area contributed by atoms with E-state index in [1.165, 1.54) is 0 Å². The number of carbonyl (C=O) groups is 1. The number of benzene rings is 2. The average Bonchev–Trinajstić information content (AvgIpc) is 2.63. The van der Waals surface area contributed by atoms with Crippen molar-refractivity contribution in [1.29, 1.82) is 0 Å². The maximum atomic E-state index is 12.6. The van der Waals surface area contributed by atoms with Crippen molar-refractivity contribution < 1.29 is 9.53 Å². The van der Waals surface area contributed by atoms with E-state index in [0.717, 1.165) is 55.8 Å². The van der Waals surface area contributed by atoms with Crippen LogP contribution in [0.3, 0.4) is 0 Å². The number of ether oxygens (including phenoxy) is 1. The molecule has 2 aromatic carbocycles. The summed E-state index contributed by atoms with van der Waals surface area (Å²) in [5.41, 5.74) is 1.94. The molecule has 3 heteroatoms. The van der Waals surface area contributed by atoms with Crippen LogP contribution in [0.4, 0.5) is 0 Å². The Morgan fingerprint density at radius 2 is 1.83 bits per heavy atom. The van der Waals surface area contributed by atoms with Gasteiger partial charge in [0.15, 0.2) is 0 Å². The summed E-state index contributed by atoms with van der Waals surface area (Å²) in [4.78, 5) is 14.5. The van der Waals surface area contributed by atoms with Gasteiger partial charge in [0.1, 0.15) is 5.75 Å². The summed E-state index contributed by atoms with van der Waals surface area (Å²) in [6.45, 7) is 4.47. The molecule has 0 aromatic heterocycles. The third-order valence-corrected chi connectivity index (χ3v) is 4.70. The standard InChI is InChI=1S/C21H25NO2/c1-17-6-5-7-19(16-17)21(23)22-13-10-18(11-14-22)12-15-24-20-8-3-2-4-9-20/h2-9,16,18H,10-15H2,1H3. The van der Waals surface area contributed by atoms with Gasteiger partial charge in [0.25, 0.3) is 5.91 Å². The molecule has 0 atom stereocenters. The molecule has 1 aliphatic rings. The smallest absolute Gasteiger partial charge is 0.253 e. The van der Waals surface area contributed by atoms with E-state index in [0.29, 0.717) is 5.92 Å². The highest BCUT2D eigenvalue weighted by Crippen LogP contribution is 2.22. The number of amides is 1. The Labute approximate surface area is 144 Å². The first-order chi connectivity index (χ1) is 11.7. The first-order valence-corrected chi connectivity index (χ1v) is 8.76. The van der Waals surface area contributed by atoms with E-state index in [1.807, 2.05) is 66.4 Å². The summed E-state index contributed by atoms with van der Waals surface area (Å²) in [5.74, 6) is 1.75. The van der Waals surface area contributed by atoms with Crippen LogP contribution < -0.4 is 4.74 Å². The van der Waals surface area contributed by atoms with Crippen molar-refractivity contribution in [3.8, 4) is 5.75 Å². The number of rotatable bonds is 5. The second-order valence-corrected chi connectivity index (χ2v) is 6.56. The van der Waals surface area contributed by atoms with Gasteiger partial charge in [-0.25, -0.2) is 0 Å². The molecule has 0 bridgehead atoms. The zero-order chi connectivity index (χ0) is 16.8. The first kappa shape index (κ1) is 16.6. The van der Waals surface area contributed by atoms with Crippen LogP contribution in [0.2, 0.25) is 0 Å². The zero-order valence-corrected chi connectivity index (χ0v) is 14.3. The fourth-order valence-corrected chi connectivity index (χ4v) is 3.25. The molecule has 1 heterocycles. The maximum Gasteiger partial charge on any atom is 0.253 e. The van der Waals surface area contributed by atoms with E-state index in [-0.39, 0.29) is 5.91 Å². The van der Waals surface area contributed by atoms with E-state index in [9.17, 15) is 4.79 Å². The lowest BCUT2D eigenvalue weighted by Crippen LogP contribution is -2.38. The SMILES string of the molecule is Cc1cccc(C(=O)N2CCC(CCOc3ccccc3)CC2)c1. The summed E-state index contributed by atoms with van der Waals surface area (Å²) >= 11 is 0. The van der Waals surface area contributed by atoms with Crippen molar-refractivity contribution in [1.82, 2.24) is 4.90 Å². The monoisotopic (exact) mass is 323 g/mol. The van der Waals surface area contributed by atoms with Gasteiger partial charge in [0.05, 0.1) is 6.61 Å². The average molecular weight is 323 g/mol. The normalized spacial score (nSPS) is 15.3. The predicted octanol–water partition coefficient (Wildman–Crippen LogP) is 4.32. The Morgan fingerprint density at radius 3 is 2.54 bits per heavy atom. The largest absolute Gasteiger partial charge is 0.494 e. The van der Waals surface area contributed by atoms with Gasteiger partial charge in [0.2, 0.25) is 0 Å². The van der Waals surface area contributed by atoms with Gasteiger partial charge in [-0.2, -0.15) is 0 Å². The highest BCUT2D eigenvalue weighted by atomic mass is 16.5. The van der Waals surface area contributed by atoms with Crippen molar-refractivity contribution in [2.45, 2.75) is 26.2 Å². The molecule has 1 amide bonds. The van der Waals surface area contributed by atoms with Gasteiger partial charge in [-0.05, 0) is 56.4 Å². The molecule has 3 rings (SSSR count). The number of carbonyl (C=O) groups excluding carboxylic acids is 1. The van der Waals surface area contributed by atoms with Crippen LogP contribution in [0.25, 0.3) is 0 Å². The Morgan fingerprint density at radius 1 is 1.08 bits per heavy atom. The quantitative estimate of drug-likeness (QED) is 0.820. The number of para-hydroxylation sites is 1. The van der Waals surface area contributed by atoms with Crippen LogP contribution >= 0.6 is 0 Å². The third kappa shape index (κ3) is 4.38. The highest BCUT2D eigenvalue weighted by molar-refractivity contribution is 5.94. The molecule has 0 aliphatic carbocycles. The minimum absolute atomic E-state index is 0.165. The molecule has 126 valence electrons. The van der Waals surface area contributed by atoms with Crippen LogP contribution in [-0.4, -0.2) is 30.5 Å². The second kappa shape index (κ2) is 8.00. The van der Waals surface area contributed by atoms with Gasteiger partial charge < -0.3 is 9.64 Å². The molecule has 1 fully saturated rings. The Kier molecular flexibility index (Phi) is 5.52. The van der Waals surface area contributed by atoms with E-state index >= 15 is 0 Å². The number of likely N-dealkylation sites (tertiary alicyclic amines) is 1. The topological polar surface area (TPSA) is 29.5 Å². The fourth-order valence-electron chi connectivity index (χ4n) is 3.25. The molecular weight excluding hydrogens is 298 g/mol. The molecule has 1 aliphatic heterocycles. The van der Waals surface area contributed by atoms with Gasteiger partial charge >= 0.3 is 0 Å². The molecule has 0 N–H and O–H groups in total. The highest BCUT2D eigenvalue weighted by Gasteiger charge is 2.23. The molecule has 1 saturated heterocycles. The molecular formula is C21H25NO2. The number of piperidine rings is 1. The lowest BCUT2D eigenvalue weighted by Gasteiger charge is -2.32. The van der Waals surface area contributed by atoms with Gasteiger partial charge in [0, 0.05) is 18.7 Å². The second-order valence-electron chi connectivity index (χ2n) is 6.56. The minimum Gasteiger partial charge on any atom is -0.494 e. The van der Waals surface area contributed by atoms with Crippen LogP contribution in [0.1, 0.15) is 35.2 Å². The Balaban J connectivity index is 1.43. The van der Waals surface area contributed by atoms with Crippen molar-refractivity contribution >= 4 is 5.91 Å². The van der Waals surface area contributed by atoms with Crippen LogP contribution in [-0.2, 0) is 0 Å². The number of nitrogens with zero attached hydrogens (tertiary/aromatic N) is 1. The summed E-state index contributed by atoms with van der Waals surface area (Å²) in [6.07, 6.45) is 3.19. The van der Waals surface area contributed by atoms with E-state index in [4.69, 9.17) is 4.74 Å². The van der Waals surface area contributed by atoms with Crippen LogP contribution in [0.5, 0.6) is 5.75 Å². The molecule has 0 spiro atoms. The van der Waals surface area contributed by atoms with E-state index in [2.05, 4.69) is 0 Å². The summed E-state index contributed by atoms with van der Waals surface area (Å²) in [7, 11) is 0. The lowest BCUT2D eigenvalue weighted by atomic mass is 9.93. The molecule has 24 heavy (non-hydrogen) atoms. The zero-order valence-electron chi connectivity index (χ0n) is 14.3. The van der Waals surface area contributed by atoms with Crippen LogP contribution in [0, 0.1) is 12.8 Å².